The zero-order valence-corrected chi connectivity index (χ0v) is 21.5. The van der Waals surface area contributed by atoms with Gasteiger partial charge in [-0.05, 0) is 0 Å². The first-order chi connectivity index (χ1) is 14.2. The Bertz CT molecular complexity index is 1080. The zero-order chi connectivity index (χ0) is 22.0. The molecule has 166 valence electrons. The van der Waals surface area contributed by atoms with Crippen molar-refractivity contribution >= 4 is 4.61 Å². The summed E-state index contributed by atoms with van der Waals surface area (Å²) in [6.45, 7) is 18.3. The first-order valence-corrected chi connectivity index (χ1v) is 13.7. The summed E-state index contributed by atoms with van der Waals surface area (Å²) in [7, 11) is 0. The van der Waals surface area contributed by atoms with Crippen LogP contribution in [0.2, 0.25) is 0 Å². The Morgan fingerprint density at radius 2 is 0.900 bits per heavy atom. The molecule has 4 nitrogen and oxygen atoms in total. The van der Waals surface area contributed by atoms with Crippen LogP contribution in [0.3, 0.4) is 0 Å². The van der Waals surface area contributed by atoms with E-state index in [1.54, 1.807) is 0 Å². The van der Waals surface area contributed by atoms with E-state index in [9.17, 15) is 0 Å². The van der Waals surface area contributed by atoms with Crippen molar-refractivity contribution in [3.05, 3.63) is 68.7 Å². The van der Waals surface area contributed by atoms with Crippen molar-refractivity contribution in [2.45, 2.75) is 79.6 Å². The van der Waals surface area contributed by atoms with Crippen molar-refractivity contribution in [2.75, 3.05) is 0 Å². The van der Waals surface area contributed by atoms with E-state index in [-0.39, 0.29) is 0 Å². The Labute approximate surface area is 185 Å². The fraction of sp³-hybridized carbons (Fsp3) is 0.480. The number of aromatic nitrogens is 4. The van der Waals surface area contributed by atoms with Crippen LogP contribution in [0, 0.1) is 8.03 Å². The van der Waals surface area contributed by atoms with Crippen LogP contribution >= 0.6 is 0 Å². The van der Waals surface area contributed by atoms with E-state index < -0.39 is 14.6 Å². The quantitative estimate of drug-likeness (QED) is 0.363. The minimum absolute atomic E-state index is 0.426. The molecular formula is C25H38N4Ru. The van der Waals surface area contributed by atoms with Gasteiger partial charge in [-0.15, -0.1) is 0 Å². The van der Waals surface area contributed by atoms with Gasteiger partial charge in [-0.1, -0.05) is 0 Å². The number of benzene rings is 1. The zero-order valence-electron chi connectivity index (χ0n) is 19.7. The molecule has 0 bridgehead atoms. The monoisotopic (exact) mass is 496 g/mol. The summed E-state index contributed by atoms with van der Waals surface area (Å²) in [6, 6.07) is 12.6. The second kappa shape index (κ2) is 9.51. The SMILES string of the molecule is CC(C)n1ccn(C(C)C)[c]1=[Ru](=[CH]c1ccccc1)=[c]1n(C(C)C)ccn1C(C)C. The fourth-order valence-corrected chi connectivity index (χ4v) is 9.46. The van der Waals surface area contributed by atoms with E-state index in [1.807, 2.05) is 0 Å². The molecule has 2 heterocycles. The minimum atomic E-state index is -1.79. The molecule has 5 heteroatoms. The molecule has 2 aromatic heterocycles. The third-order valence-electron chi connectivity index (χ3n) is 5.19. The first-order valence-electron chi connectivity index (χ1n) is 11.0. The van der Waals surface area contributed by atoms with Crippen LogP contribution in [-0.4, -0.2) is 22.9 Å². The van der Waals surface area contributed by atoms with Gasteiger partial charge >= 0.3 is 186 Å². The molecule has 0 saturated heterocycles. The molecule has 0 radical (unpaired) electrons. The molecule has 0 aliphatic carbocycles. The van der Waals surface area contributed by atoms with E-state index in [2.05, 4.69) is 133 Å². The van der Waals surface area contributed by atoms with Crippen molar-refractivity contribution in [3.8, 4) is 0 Å². The van der Waals surface area contributed by atoms with E-state index in [0.29, 0.717) is 24.2 Å². The Kier molecular flexibility index (Phi) is 7.23. The van der Waals surface area contributed by atoms with Crippen LogP contribution in [0.15, 0.2) is 55.1 Å². The van der Waals surface area contributed by atoms with Gasteiger partial charge in [-0.25, -0.2) is 0 Å². The molecule has 0 unspecified atom stereocenters. The average molecular weight is 496 g/mol. The molecule has 3 aromatic rings. The van der Waals surface area contributed by atoms with Gasteiger partial charge in [-0.2, -0.15) is 0 Å². The standard InChI is InChI=1S/2C9H16N2.C7H6.Ru/c2*1-8(2)10-5-6-11(7-10)9(3)4;1-7-5-3-2-4-6-7;/h2*5-6,8-9H,1-4H3;1-6H;. The first kappa shape index (κ1) is 22.8. The van der Waals surface area contributed by atoms with Crippen molar-refractivity contribution in [1.29, 1.82) is 0 Å². The Balaban J connectivity index is 2.79. The van der Waals surface area contributed by atoms with Gasteiger partial charge in [0.05, 0.1) is 0 Å². The molecule has 0 aliphatic rings. The van der Waals surface area contributed by atoms with E-state index in [4.69, 9.17) is 0 Å². The van der Waals surface area contributed by atoms with E-state index in [0.717, 1.165) is 0 Å². The summed E-state index contributed by atoms with van der Waals surface area (Å²) in [5, 5.41) is 0. The Morgan fingerprint density at radius 1 is 0.567 bits per heavy atom. The summed E-state index contributed by atoms with van der Waals surface area (Å²) >= 11 is -1.79. The van der Waals surface area contributed by atoms with Crippen LogP contribution in [0.4, 0.5) is 0 Å². The van der Waals surface area contributed by atoms with Gasteiger partial charge in [0.1, 0.15) is 0 Å². The van der Waals surface area contributed by atoms with Gasteiger partial charge in [0, 0.05) is 0 Å². The second-order valence-electron chi connectivity index (χ2n) is 8.92. The third-order valence-corrected chi connectivity index (χ3v) is 9.74. The second-order valence-corrected chi connectivity index (χ2v) is 12.4. The molecule has 1 aromatic carbocycles. The maximum absolute atomic E-state index is 2.57. The summed E-state index contributed by atoms with van der Waals surface area (Å²) in [5.74, 6) is 0. The number of hydrogen-bond acceptors (Lipinski definition) is 0. The van der Waals surface area contributed by atoms with E-state index >= 15 is 0 Å². The van der Waals surface area contributed by atoms with Gasteiger partial charge in [0.2, 0.25) is 0 Å². The van der Waals surface area contributed by atoms with Crippen LogP contribution in [0.1, 0.15) is 85.1 Å². The predicted octanol–water partition coefficient (Wildman–Crippen LogP) is 6.45. The van der Waals surface area contributed by atoms with Gasteiger partial charge in [-0.3, -0.25) is 0 Å². The van der Waals surface area contributed by atoms with Gasteiger partial charge < -0.3 is 0 Å². The molecule has 0 aliphatic heterocycles. The van der Waals surface area contributed by atoms with Crippen molar-refractivity contribution in [3.63, 3.8) is 0 Å². The molecule has 30 heavy (non-hydrogen) atoms. The van der Waals surface area contributed by atoms with Crippen LogP contribution in [-0.2, 0) is 14.6 Å². The molecule has 0 spiro atoms. The summed E-state index contributed by atoms with van der Waals surface area (Å²) in [4.78, 5) is 0. The molecule has 0 N–H and O–H groups in total. The van der Waals surface area contributed by atoms with Crippen LogP contribution in [0.25, 0.3) is 0 Å². The van der Waals surface area contributed by atoms with Crippen molar-refractivity contribution in [2.24, 2.45) is 0 Å². The van der Waals surface area contributed by atoms with Crippen LogP contribution < -0.4 is 0 Å². The number of rotatable bonds is 5. The van der Waals surface area contributed by atoms with Gasteiger partial charge in [0.15, 0.2) is 0 Å². The average Bonchev–Trinajstić information content (AvgIpc) is 3.32. The molecule has 0 fully saturated rings. The van der Waals surface area contributed by atoms with E-state index in [1.165, 1.54) is 13.6 Å². The number of imidazole rings is 2. The molecular weight excluding hydrogens is 457 g/mol. The van der Waals surface area contributed by atoms with Crippen molar-refractivity contribution < 1.29 is 14.6 Å². The van der Waals surface area contributed by atoms with Crippen LogP contribution in [0.5, 0.6) is 0 Å². The third kappa shape index (κ3) is 4.57. The normalized spacial score (nSPS) is 12.2. The molecule has 0 saturated carbocycles. The number of nitrogens with zero attached hydrogens (tertiary/aromatic N) is 4. The summed E-state index contributed by atoms with van der Waals surface area (Å²) in [5.41, 5.74) is 1.31. The molecule has 0 amide bonds. The molecule has 0 atom stereocenters. The summed E-state index contributed by atoms with van der Waals surface area (Å²) < 4.78 is 15.5. The Morgan fingerprint density at radius 3 is 1.20 bits per heavy atom. The topological polar surface area (TPSA) is 19.7 Å². The number of hydrogen-bond donors (Lipinski definition) is 0. The predicted molar refractivity (Wildman–Crippen MR) is 124 cm³/mol. The van der Waals surface area contributed by atoms with Crippen molar-refractivity contribution in [1.82, 2.24) is 18.3 Å². The maximum atomic E-state index is 2.57. The summed E-state index contributed by atoms with van der Waals surface area (Å²) in [6.07, 6.45) is 9.12. The Hall–Kier alpha value is -1.87. The fourth-order valence-electron chi connectivity index (χ4n) is 3.50. The van der Waals surface area contributed by atoms with Gasteiger partial charge in [0.25, 0.3) is 0 Å². The molecule has 3 rings (SSSR count).